The summed E-state index contributed by atoms with van der Waals surface area (Å²) in [7, 11) is 0. The number of hydrogen-bond acceptors (Lipinski definition) is 3. The lowest BCUT2D eigenvalue weighted by Gasteiger charge is -2.61. The van der Waals surface area contributed by atoms with Gasteiger partial charge in [0.15, 0.2) is 5.79 Å². The number of hydrogen-bond donors (Lipinski definition) is 1. The Kier molecular flexibility index (Phi) is 2.51. The van der Waals surface area contributed by atoms with Crippen LogP contribution < -0.4 is 4.90 Å². The summed E-state index contributed by atoms with van der Waals surface area (Å²) in [6.45, 7) is 0. The van der Waals surface area contributed by atoms with E-state index in [-0.39, 0.29) is 12.1 Å². The van der Waals surface area contributed by atoms with Gasteiger partial charge in [0.2, 0.25) is 5.91 Å². The summed E-state index contributed by atoms with van der Waals surface area (Å²) in [4.78, 5) is 14.8. The topological polar surface area (TPSA) is 49.8 Å². The van der Waals surface area contributed by atoms with Gasteiger partial charge in [0.25, 0.3) is 0 Å². The average molecular weight is 273 g/mol. The van der Waals surface area contributed by atoms with Crippen LogP contribution in [0.2, 0.25) is 0 Å². The number of piperidine rings is 1. The predicted molar refractivity (Wildman–Crippen MR) is 73.9 cm³/mol. The summed E-state index contributed by atoms with van der Waals surface area (Å²) >= 11 is 0. The second-order valence-electron chi connectivity index (χ2n) is 6.20. The molecule has 1 aromatic carbocycles. The molecule has 0 unspecified atom stereocenters. The lowest BCUT2D eigenvalue weighted by Crippen LogP contribution is -2.72. The van der Waals surface area contributed by atoms with Crippen LogP contribution in [0.4, 0.5) is 5.69 Å². The number of para-hydroxylation sites is 1. The zero-order valence-electron chi connectivity index (χ0n) is 11.4. The minimum absolute atomic E-state index is 0.0494. The van der Waals surface area contributed by atoms with Gasteiger partial charge >= 0.3 is 0 Å². The first kappa shape index (κ1) is 12.4. The van der Waals surface area contributed by atoms with Gasteiger partial charge in [-0.25, -0.2) is 0 Å². The third-order valence-corrected chi connectivity index (χ3v) is 5.22. The second-order valence-corrected chi connectivity index (χ2v) is 6.20. The molecule has 1 saturated carbocycles. The lowest BCUT2D eigenvalue weighted by molar-refractivity contribution is -0.335. The minimum Gasteiger partial charge on any atom is -0.364 e. The molecule has 0 radical (unpaired) electrons. The zero-order valence-corrected chi connectivity index (χ0v) is 11.4. The molecule has 4 heteroatoms. The Morgan fingerprint density at radius 3 is 2.70 bits per heavy atom. The molecule has 1 amide bonds. The van der Waals surface area contributed by atoms with Crippen molar-refractivity contribution in [2.24, 2.45) is 5.41 Å². The molecule has 20 heavy (non-hydrogen) atoms. The highest BCUT2D eigenvalue weighted by molar-refractivity contribution is 6.00. The van der Waals surface area contributed by atoms with Gasteiger partial charge in [-0.05, 0) is 37.8 Å². The van der Waals surface area contributed by atoms with E-state index in [1.165, 1.54) is 0 Å². The van der Waals surface area contributed by atoms with Gasteiger partial charge in [-0.15, -0.1) is 0 Å². The number of carbonyl (C=O) groups excluding carboxylic acids is 1. The van der Waals surface area contributed by atoms with Crippen molar-refractivity contribution < 1.29 is 14.6 Å². The van der Waals surface area contributed by atoms with Crippen LogP contribution >= 0.6 is 0 Å². The fourth-order valence-electron chi connectivity index (χ4n) is 4.17. The Morgan fingerprint density at radius 1 is 1.15 bits per heavy atom. The highest BCUT2D eigenvalue weighted by Crippen LogP contribution is 2.57. The third kappa shape index (κ3) is 1.41. The summed E-state index contributed by atoms with van der Waals surface area (Å²) < 4.78 is 5.97. The number of aliphatic hydroxyl groups is 1. The van der Waals surface area contributed by atoms with Crippen LogP contribution in [0.25, 0.3) is 0 Å². The number of ether oxygens (including phenoxy) is 1. The van der Waals surface area contributed by atoms with E-state index in [9.17, 15) is 9.90 Å². The van der Waals surface area contributed by atoms with Crippen molar-refractivity contribution in [1.82, 2.24) is 0 Å². The van der Waals surface area contributed by atoms with Crippen molar-refractivity contribution in [2.75, 3.05) is 4.90 Å². The largest absolute Gasteiger partial charge is 0.364 e. The number of benzene rings is 1. The number of fused-ring (bicyclic) bond motifs is 2. The smallest absolute Gasteiger partial charge is 0.240 e. The van der Waals surface area contributed by atoms with Crippen LogP contribution in [-0.2, 0) is 9.53 Å². The first-order valence-corrected chi connectivity index (χ1v) is 7.45. The number of amides is 1. The molecule has 4 aliphatic rings. The van der Waals surface area contributed by atoms with Gasteiger partial charge in [0.05, 0.1) is 0 Å². The van der Waals surface area contributed by atoms with E-state index in [4.69, 9.17) is 4.74 Å². The summed E-state index contributed by atoms with van der Waals surface area (Å²) in [5, 5.41) is 10.8. The molecule has 5 rings (SSSR count). The molecule has 3 saturated heterocycles. The van der Waals surface area contributed by atoms with Crippen molar-refractivity contribution in [3.8, 4) is 0 Å². The first-order chi connectivity index (χ1) is 9.66. The Bertz CT molecular complexity index is 542. The van der Waals surface area contributed by atoms with Crippen molar-refractivity contribution in [3.63, 3.8) is 0 Å². The molecular weight excluding hydrogens is 254 g/mol. The maximum absolute atomic E-state index is 13.0. The van der Waals surface area contributed by atoms with Crippen LogP contribution in [0, 0.1) is 5.41 Å². The molecule has 4 fully saturated rings. The summed E-state index contributed by atoms with van der Waals surface area (Å²) in [6.07, 6.45) is 4.47. The quantitative estimate of drug-likeness (QED) is 0.855. The van der Waals surface area contributed by atoms with E-state index < -0.39 is 11.2 Å². The molecule has 106 valence electrons. The molecule has 4 nitrogen and oxygen atoms in total. The Morgan fingerprint density at radius 2 is 1.90 bits per heavy atom. The van der Waals surface area contributed by atoms with Gasteiger partial charge in [-0.2, -0.15) is 0 Å². The number of carbonyl (C=O) groups is 1. The predicted octanol–water partition coefficient (Wildman–Crippen LogP) is 2.42. The maximum Gasteiger partial charge on any atom is 0.240 e. The van der Waals surface area contributed by atoms with Crippen LogP contribution in [-0.4, -0.2) is 23.0 Å². The molecule has 3 heterocycles. The molecule has 3 aliphatic heterocycles. The molecule has 0 aromatic heterocycles. The van der Waals surface area contributed by atoms with Gasteiger partial charge in [0, 0.05) is 12.1 Å². The van der Waals surface area contributed by atoms with Gasteiger partial charge in [-0.3, -0.25) is 9.69 Å². The van der Waals surface area contributed by atoms with E-state index in [0.717, 1.165) is 37.8 Å². The van der Waals surface area contributed by atoms with E-state index in [1.807, 2.05) is 30.3 Å². The van der Waals surface area contributed by atoms with E-state index in [2.05, 4.69) is 0 Å². The van der Waals surface area contributed by atoms with Crippen LogP contribution in [0.1, 0.15) is 38.5 Å². The molecule has 3 atom stereocenters. The van der Waals surface area contributed by atoms with E-state index in [0.29, 0.717) is 6.42 Å². The van der Waals surface area contributed by atoms with E-state index >= 15 is 0 Å². The van der Waals surface area contributed by atoms with Gasteiger partial charge in [-0.1, -0.05) is 24.6 Å². The monoisotopic (exact) mass is 273 g/mol. The second kappa shape index (κ2) is 4.06. The number of anilines is 1. The zero-order chi connectivity index (χ0) is 13.8. The molecule has 1 aliphatic carbocycles. The maximum atomic E-state index is 13.0. The average Bonchev–Trinajstić information content (AvgIpc) is 2.47. The molecule has 1 aromatic rings. The molecule has 2 bridgehead atoms. The van der Waals surface area contributed by atoms with Crippen molar-refractivity contribution in [2.45, 2.75) is 50.5 Å². The number of nitrogens with zero attached hydrogens (tertiary/aromatic N) is 1. The van der Waals surface area contributed by atoms with Gasteiger partial charge in [0.1, 0.15) is 11.6 Å². The highest BCUT2D eigenvalue weighted by Gasteiger charge is 2.67. The van der Waals surface area contributed by atoms with Crippen molar-refractivity contribution in [1.29, 1.82) is 0 Å². The summed E-state index contributed by atoms with van der Waals surface area (Å²) in [5.74, 6) is -1.19. The van der Waals surface area contributed by atoms with Crippen molar-refractivity contribution in [3.05, 3.63) is 30.3 Å². The SMILES string of the molecule is O=C1N(c2ccccc2)[C@@H]2CC[C@]13CCCC[C@]3(O)O2. The lowest BCUT2D eigenvalue weighted by atomic mass is 9.62. The Labute approximate surface area is 118 Å². The first-order valence-electron chi connectivity index (χ1n) is 7.45. The van der Waals surface area contributed by atoms with Crippen LogP contribution in [0.3, 0.4) is 0 Å². The number of rotatable bonds is 1. The highest BCUT2D eigenvalue weighted by atomic mass is 16.6. The normalized spacial score (nSPS) is 39.8. The van der Waals surface area contributed by atoms with Crippen LogP contribution in [0.15, 0.2) is 30.3 Å². The van der Waals surface area contributed by atoms with Crippen LogP contribution in [0.5, 0.6) is 0 Å². The summed E-state index contributed by atoms with van der Waals surface area (Å²) in [6, 6.07) is 9.65. The van der Waals surface area contributed by atoms with Gasteiger partial charge < -0.3 is 9.84 Å². The minimum atomic E-state index is -1.24. The Hall–Kier alpha value is -1.39. The molecule has 1 spiro atoms. The standard InChI is InChI=1S/C16H19NO3/c18-14-15-9-4-5-10-16(15,19)20-13(8-11-15)17(14)12-6-2-1-3-7-12/h1-3,6-7,13,19H,4-5,8-11H2/t13-,15+,16-/m0/s1. The fourth-order valence-corrected chi connectivity index (χ4v) is 4.17. The Balaban J connectivity index is 1.79. The van der Waals surface area contributed by atoms with Crippen molar-refractivity contribution >= 4 is 11.6 Å². The fraction of sp³-hybridized carbons (Fsp3) is 0.562. The molecule has 1 N–H and O–H groups in total. The molecular formula is C16H19NO3. The summed E-state index contributed by atoms with van der Waals surface area (Å²) in [5.41, 5.74) is 0.143. The van der Waals surface area contributed by atoms with E-state index in [1.54, 1.807) is 4.90 Å². The third-order valence-electron chi connectivity index (χ3n) is 5.22.